The zero-order valence-corrected chi connectivity index (χ0v) is 18.2. The molecule has 0 spiro atoms. The number of carbonyl (C=O) groups is 2. The summed E-state index contributed by atoms with van der Waals surface area (Å²) in [7, 11) is 0. The van der Waals surface area contributed by atoms with Crippen LogP contribution < -0.4 is 5.32 Å². The molecule has 33 heavy (non-hydrogen) atoms. The van der Waals surface area contributed by atoms with Gasteiger partial charge in [-0.05, 0) is 17.7 Å². The molecule has 7 nitrogen and oxygen atoms in total. The van der Waals surface area contributed by atoms with Gasteiger partial charge in [0.1, 0.15) is 17.3 Å². The van der Waals surface area contributed by atoms with Gasteiger partial charge in [0.15, 0.2) is 11.3 Å². The van der Waals surface area contributed by atoms with E-state index in [1.165, 1.54) is 0 Å². The Balaban J connectivity index is 1.45. The molecule has 0 saturated carbocycles. The predicted molar refractivity (Wildman–Crippen MR) is 125 cm³/mol. The zero-order valence-electron chi connectivity index (χ0n) is 17.3. The molecule has 0 fully saturated rings. The Morgan fingerprint density at radius 3 is 2.33 bits per heavy atom. The molecule has 0 aliphatic rings. The van der Waals surface area contributed by atoms with Crippen LogP contribution in [0.15, 0.2) is 89.3 Å². The Morgan fingerprint density at radius 2 is 1.58 bits per heavy atom. The maximum atomic E-state index is 13.4. The number of amides is 1. The number of Topliss-reactive ketones (excluding diaryl/α,β-unsaturated/α-hetero) is 1. The number of para-hydroxylation sites is 2. The highest BCUT2D eigenvalue weighted by Gasteiger charge is 2.29. The monoisotopic (exact) mass is 454 g/mol. The number of hydrogen-bond donors (Lipinski definition) is 1. The highest BCUT2D eigenvalue weighted by Crippen LogP contribution is 2.22. The number of aromatic nitrogens is 3. The molecular weight excluding hydrogens is 436 g/mol. The third-order valence-electron chi connectivity index (χ3n) is 5.16. The first-order valence-electron chi connectivity index (χ1n) is 10.3. The summed E-state index contributed by atoms with van der Waals surface area (Å²) in [6.45, 7) is 0. The molecule has 0 aliphatic heterocycles. The lowest BCUT2D eigenvalue weighted by atomic mass is 10.0. The SMILES string of the molecule is O=C(NC(Cc1ccccc1)C(=O)c1nc2ccccc2o1)c1nsnc1-c1ccccc1. The Bertz CT molecular complexity index is 1380. The number of rotatable bonds is 7. The van der Waals surface area contributed by atoms with E-state index >= 15 is 0 Å². The van der Waals surface area contributed by atoms with E-state index in [9.17, 15) is 9.59 Å². The molecule has 2 heterocycles. The van der Waals surface area contributed by atoms with Crippen LogP contribution in [0.25, 0.3) is 22.4 Å². The van der Waals surface area contributed by atoms with Crippen molar-refractivity contribution in [1.82, 2.24) is 19.0 Å². The summed E-state index contributed by atoms with van der Waals surface area (Å²) in [5.41, 5.74) is 3.43. The molecule has 5 aromatic rings. The van der Waals surface area contributed by atoms with Crippen molar-refractivity contribution in [1.29, 1.82) is 0 Å². The smallest absolute Gasteiger partial charge is 0.273 e. The van der Waals surface area contributed by atoms with E-state index in [4.69, 9.17) is 4.42 Å². The van der Waals surface area contributed by atoms with Crippen molar-refractivity contribution in [3.05, 3.63) is 102 Å². The molecule has 0 aliphatic carbocycles. The molecule has 0 radical (unpaired) electrons. The third-order valence-corrected chi connectivity index (χ3v) is 5.69. The molecule has 1 atom stereocenters. The van der Waals surface area contributed by atoms with E-state index in [2.05, 4.69) is 19.0 Å². The first-order valence-corrected chi connectivity index (χ1v) is 11.0. The summed E-state index contributed by atoms with van der Waals surface area (Å²) < 4.78 is 14.1. The molecular formula is C25H18N4O3S. The first kappa shape index (κ1) is 20.7. The third kappa shape index (κ3) is 4.42. The van der Waals surface area contributed by atoms with Crippen LogP contribution in [-0.2, 0) is 6.42 Å². The van der Waals surface area contributed by atoms with Gasteiger partial charge in [0.2, 0.25) is 5.78 Å². The number of nitrogens with one attached hydrogen (secondary N) is 1. The second-order valence-electron chi connectivity index (χ2n) is 7.39. The van der Waals surface area contributed by atoms with Crippen LogP contribution in [0.5, 0.6) is 0 Å². The predicted octanol–water partition coefficient (Wildman–Crippen LogP) is 4.57. The topological polar surface area (TPSA) is 98.0 Å². The standard InChI is InChI=1S/C25H18N4O3S/c30-23(25-27-18-13-7-8-14-20(18)32-25)19(15-16-9-3-1-4-10-16)26-24(31)22-21(28-33-29-22)17-11-5-2-6-12-17/h1-14,19H,15H2,(H,26,31). The Kier molecular flexibility index (Phi) is 5.73. The Morgan fingerprint density at radius 1 is 0.879 bits per heavy atom. The van der Waals surface area contributed by atoms with Crippen LogP contribution in [0.2, 0.25) is 0 Å². The number of nitrogens with zero attached hydrogens (tertiary/aromatic N) is 3. The number of hydrogen-bond acceptors (Lipinski definition) is 7. The van der Waals surface area contributed by atoms with Crippen molar-refractivity contribution in [2.24, 2.45) is 0 Å². The fraction of sp³-hybridized carbons (Fsp3) is 0.0800. The van der Waals surface area contributed by atoms with Gasteiger partial charge < -0.3 is 9.73 Å². The molecule has 3 aromatic carbocycles. The van der Waals surface area contributed by atoms with E-state index < -0.39 is 17.7 Å². The summed E-state index contributed by atoms with van der Waals surface area (Å²) >= 11 is 0.952. The first-order chi connectivity index (χ1) is 16.2. The van der Waals surface area contributed by atoms with Crippen LogP contribution in [0.1, 0.15) is 26.7 Å². The van der Waals surface area contributed by atoms with Gasteiger partial charge in [0.25, 0.3) is 11.8 Å². The van der Waals surface area contributed by atoms with Gasteiger partial charge in [0.05, 0.1) is 11.7 Å². The maximum absolute atomic E-state index is 13.4. The zero-order chi connectivity index (χ0) is 22.6. The van der Waals surface area contributed by atoms with E-state index in [1.54, 1.807) is 12.1 Å². The van der Waals surface area contributed by atoms with Crippen LogP contribution >= 0.6 is 11.7 Å². The summed E-state index contributed by atoms with van der Waals surface area (Å²) in [5, 5.41) is 2.84. The average molecular weight is 455 g/mol. The van der Waals surface area contributed by atoms with Crippen molar-refractivity contribution >= 4 is 34.5 Å². The van der Waals surface area contributed by atoms with E-state index in [0.29, 0.717) is 16.8 Å². The van der Waals surface area contributed by atoms with Gasteiger partial charge in [-0.1, -0.05) is 72.8 Å². The van der Waals surface area contributed by atoms with Crippen molar-refractivity contribution < 1.29 is 14.0 Å². The van der Waals surface area contributed by atoms with E-state index in [1.807, 2.05) is 72.8 Å². The van der Waals surface area contributed by atoms with E-state index in [0.717, 1.165) is 22.9 Å². The minimum atomic E-state index is -0.890. The lowest BCUT2D eigenvalue weighted by molar-refractivity contribution is 0.0837. The van der Waals surface area contributed by atoms with Crippen LogP contribution in [0, 0.1) is 0 Å². The Labute approximate surface area is 193 Å². The molecule has 1 unspecified atom stereocenters. The van der Waals surface area contributed by atoms with Gasteiger partial charge in [-0.25, -0.2) is 4.98 Å². The minimum absolute atomic E-state index is 0.0443. The molecule has 2 aromatic heterocycles. The normalized spacial score (nSPS) is 11.9. The van der Waals surface area contributed by atoms with Crippen molar-refractivity contribution in [2.45, 2.75) is 12.5 Å². The van der Waals surface area contributed by atoms with Crippen molar-refractivity contribution in [2.75, 3.05) is 0 Å². The molecule has 0 saturated heterocycles. The van der Waals surface area contributed by atoms with Gasteiger partial charge in [-0.3, -0.25) is 9.59 Å². The van der Waals surface area contributed by atoms with Gasteiger partial charge in [-0.15, -0.1) is 0 Å². The lowest BCUT2D eigenvalue weighted by Gasteiger charge is -2.16. The summed E-state index contributed by atoms with van der Waals surface area (Å²) in [6.07, 6.45) is 0.280. The highest BCUT2D eigenvalue weighted by atomic mass is 32.1. The number of carbonyl (C=O) groups excluding carboxylic acids is 2. The number of fused-ring (bicyclic) bond motifs is 1. The molecule has 1 amide bonds. The second kappa shape index (κ2) is 9.13. The summed E-state index contributed by atoms with van der Waals surface area (Å²) in [5.74, 6) is -0.932. The second-order valence-corrected chi connectivity index (χ2v) is 7.92. The average Bonchev–Trinajstić information content (AvgIpc) is 3.52. The highest BCUT2D eigenvalue weighted by molar-refractivity contribution is 6.99. The maximum Gasteiger partial charge on any atom is 0.273 e. The van der Waals surface area contributed by atoms with Crippen molar-refractivity contribution in [3.8, 4) is 11.3 Å². The fourth-order valence-corrected chi connectivity index (χ4v) is 4.10. The van der Waals surface area contributed by atoms with Crippen LogP contribution in [0.4, 0.5) is 0 Å². The molecule has 5 rings (SSSR count). The number of ketones is 1. The minimum Gasteiger partial charge on any atom is -0.434 e. The molecule has 162 valence electrons. The molecule has 0 bridgehead atoms. The summed E-state index contributed by atoms with van der Waals surface area (Å²) in [4.78, 5) is 30.9. The van der Waals surface area contributed by atoms with Crippen molar-refractivity contribution in [3.63, 3.8) is 0 Å². The van der Waals surface area contributed by atoms with Gasteiger partial charge >= 0.3 is 0 Å². The largest absolute Gasteiger partial charge is 0.434 e. The summed E-state index contributed by atoms with van der Waals surface area (Å²) in [6, 6.07) is 25.1. The quantitative estimate of drug-likeness (QED) is 0.362. The number of oxazole rings is 1. The fourth-order valence-electron chi connectivity index (χ4n) is 3.54. The van der Waals surface area contributed by atoms with Gasteiger partial charge in [0, 0.05) is 12.0 Å². The van der Waals surface area contributed by atoms with Gasteiger partial charge in [-0.2, -0.15) is 8.75 Å². The molecule has 1 N–H and O–H groups in total. The van der Waals surface area contributed by atoms with E-state index in [-0.39, 0.29) is 18.0 Å². The lowest BCUT2D eigenvalue weighted by Crippen LogP contribution is -2.43. The van der Waals surface area contributed by atoms with Crippen LogP contribution in [-0.4, -0.2) is 31.5 Å². The Hall–Kier alpha value is -4.17. The van der Waals surface area contributed by atoms with Crippen LogP contribution in [0.3, 0.4) is 0 Å². The number of benzene rings is 3. The molecule has 8 heteroatoms.